The fourth-order valence-electron chi connectivity index (χ4n) is 1.47. The highest BCUT2D eigenvalue weighted by Gasteiger charge is 2.12. The highest BCUT2D eigenvalue weighted by molar-refractivity contribution is 7.09. The smallest absolute Gasteiger partial charge is 0.303 e. The number of hydrogen-bond acceptors (Lipinski definition) is 4. The van der Waals surface area contributed by atoms with Gasteiger partial charge in [-0.3, -0.25) is 9.59 Å². The zero-order chi connectivity index (χ0) is 13.5. The van der Waals surface area contributed by atoms with E-state index < -0.39 is 5.97 Å². The molecule has 0 fully saturated rings. The summed E-state index contributed by atoms with van der Waals surface area (Å²) in [7, 11) is 1.69. The first-order valence-electron chi connectivity index (χ1n) is 5.92. The predicted octanol–water partition coefficient (Wildman–Crippen LogP) is 1.57. The van der Waals surface area contributed by atoms with Gasteiger partial charge in [-0.2, -0.15) is 0 Å². The van der Waals surface area contributed by atoms with Crippen LogP contribution in [0.1, 0.15) is 30.5 Å². The summed E-state index contributed by atoms with van der Waals surface area (Å²) in [6.45, 7) is 2.50. The molecule has 6 heteroatoms. The lowest BCUT2D eigenvalue weighted by Gasteiger charge is -2.15. The summed E-state index contributed by atoms with van der Waals surface area (Å²) in [5, 5.41) is 11.5. The molecule has 1 N–H and O–H groups in total. The van der Waals surface area contributed by atoms with Crippen LogP contribution in [0.3, 0.4) is 0 Å². The number of thiazole rings is 1. The maximum Gasteiger partial charge on any atom is 0.303 e. The first kappa shape index (κ1) is 14.6. The van der Waals surface area contributed by atoms with Crippen LogP contribution in [0.5, 0.6) is 0 Å². The van der Waals surface area contributed by atoms with Gasteiger partial charge in [0.1, 0.15) is 0 Å². The lowest BCUT2D eigenvalue weighted by molar-refractivity contribution is -0.138. The molecule has 0 aromatic carbocycles. The molecule has 0 aliphatic heterocycles. The van der Waals surface area contributed by atoms with E-state index in [-0.39, 0.29) is 12.3 Å². The molecule has 1 aromatic rings. The molecule has 0 saturated heterocycles. The summed E-state index contributed by atoms with van der Waals surface area (Å²) in [6.07, 6.45) is 1.75. The summed E-state index contributed by atoms with van der Waals surface area (Å²) in [5.41, 5.74) is 0.798. The zero-order valence-electron chi connectivity index (χ0n) is 10.7. The van der Waals surface area contributed by atoms with Crippen LogP contribution in [-0.4, -0.2) is 40.5 Å². The van der Waals surface area contributed by atoms with E-state index in [0.29, 0.717) is 19.4 Å². The lowest BCUT2D eigenvalue weighted by atomic mass is 10.2. The number of carbonyl (C=O) groups excluding carboxylic acids is 1. The number of nitrogens with zero attached hydrogens (tertiary/aromatic N) is 2. The SMILES string of the molecule is CCc1nc(CC(=O)N(C)CCCC(=O)O)cs1. The fourth-order valence-corrected chi connectivity index (χ4v) is 2.22. The fraction of sp³-hybridized carbons (Fsp3) is 0.583. The van der Waals surface area contributed by atoms with Crippen LogP contribution in [0.25, 0.3) is 0 Å². The van der Waals surface area contributed by atoms with E-state index in [1.54, 1.807) is 23.3 Å². The van der Waals surface area contributed by atoms with Crippen molar-refractivity contribution in [3.05, 3.63) is 16.1 Å². The summed E-state index contributed by atoms with van der Waals surface area (Å²) in [4.78, 5) is 28.1. The minimum atomic E-state index is -0.831. The van der Waals surface area contributed by atoms with Crippen molar-refractivity contribution in [3.63, 3.8) is 0 Å². The number of rotatable bonds is 7. The molecular weight excluding hydrogens is 252 g/mol. The highest BCUT2D eigenvalue weighted by Crippen LogP contribution is 2.11. The second-order valence-electron chi connectivity index (χ2n) is 4.08. The molecule has 0 spiro atoms. The lowest BCUT2D eigenvalue weighted by Crippen LogP contribution is -2.29. The quantitative estimate of drug-likeness (QED) is 0.816. The Morgan fingerprint density at radius 2 is 2.22 bits per heavy atom. The molecule has 18 heavy (non-hydrogen) atoms. The van der Waals surface area contributed by atoms with Crippen molar-refractivity contribution >= 4 is 23.2 Å². The average molecular weight is 270 g/mol. The summed E-state index contributed by atoms with van der Waals surface area (Å²) < 4.78 is 0. The second-order valence-corrected chi connectivity index (χ2v) is 5.02. The second kappa shape index (κ2) is 7.10. The van der Waals surface area contributed by atoms with Crippen LogP contribution >= 0.6 is 11.3 Å². The third-order valence-corrected chi connectivity index (χ3v) is 3.59. The van der Waals surface area contributed by atoms with Crippen molar-refractivity contribution in [2.45, 2.75) is 32.6 Å². The number of aryl methyl sites for hydroxylation is 1. The maximum absolute atomic E-state index is 11.8. The third kappa shape index (κ3) is 4.83. The van der Waals surface area contributed by atoms with E-state index in [1.807, 2.05) is 12.3 Å². The van der Waals surface area contributed by atoms with Gasteiger partial charge in [0.05, 0.1) is 17.1 Å². The van der Waals surface area contributed by atoms with Crippen LogP contribution in [-0.2, 0) is 22.4 Å². The third-order valence-electron chi connectivity index (χ3n) is 2.54. The van der Waals surface area contributed by atoms with E-state index >= 15 is 0 Å². The molecule has 1 aromatic heterocycles. The number of amides is 1. The van der Waals surface area contributed by atoms with Gasteiger partial charge in [-0.05, 0) is 12.8 Å². The maximum atomic E-state index is 11.8. The van der Waals surface area contributed by atoms with Crippen molar-refractivity contribution in [1.82, 2.24) is 9.88 Å². The summed E-state index contributed by atoms with van der Waals surface area (Å²) in [6, 6.07) is 0. The Kier molecular flexibility index (Phi) is 5.77. The number of hydrogen-bond donors (Lipinski definition) is 1. The van der Waals surface area contributed by atoms with E-state index in [0.717, 1.165) is 17.1 Å². The molecule has 5 nitrogen and oxygen atoms in total. The molecular formula is C12H18N2O3S. The Morgan fingerprint density at radius 3 is 2.78 bits per heavy atom. The van der Waals surface area contributed by atoms with Crippen molar-refractivity contribution in [2.24, 2.45) is 0 Å². The topological polar surface area (TPSA) is 70.5 Å². The van der Waals surface area contributed by atoms with E-state index in [2.05, 4.69) is 4.98 Å². The largest absolute Gasteiger partial charge is 0.481 e. The molecule has 100 valence electrons. The van der Waals surface area contributed by atoms with Gasteiger partial charge in [0, 0.05) is 25.4 Å². The standard InChI is InChI=1S/C12H18N2O3S/c1-3-10-13-9(8-18-10)7-11(15)14(2)6-4-5-12(16)17/h8H,3-7H2,1-2H3,(H,16,17). The first-order valence-corrected chi connectivity index (χ1v) is 6.80. The van der Waals surface area contributed by atoms with E-state index in [1.165, 1.54) is 0 Å². The zero-order valence-corrected chi connectivity index (χ0v) is 11.5. The molecule has 1 amide bonds. The van der Waals surface area contributed by atoms with Crippen molar-refractivity contribution < 1.29 is 14.7 Å². The molecule has 0 saturated carbocycles. The number of aliphatic carboxylic acids is 1. The van der Waals surface area contributed by atoms with Gasteiger partial charge in [-0.25, -0.2) is 4.98 Å². The Morgan fingerprint density at radius 1 is 1.50 bits per heavy atom. The van der Waals surface area contributed by atoms with Crippen molar-refractivity contribution in [1.29, 1.82) is 0 Å². The van der Waals surface area contributed by atoms with Crippen molar-refractivity contribution in [2.75, 3.05) is 13.6 Å². The number of carbonyl (C=O) groups is 2. The minimum Gasteiger partial charge on any atom is -0.481 e. The number of carboxylic acids is 1. The van der Waals surface area contributed by atoms with Gasteiger partial charge in [0.2, 0.25) is 5.91 Å². The Hall–Kier alpha value is -1.43. The van der Waals surface area contributed by atoms with Crippen LogP contribution < -0.4 is 0 Å². The number of aromatic nitrogens is 1. The Bertz CT molecular complexity index is 417. The molecule has 0 radical (unpaired) electrons. The van der Waals surface area contributed by atoms with Crippen LogP contribution in [0.4, 0.5) is 0 Å². The van der Waals surface area contributed by atoms with Gasteiger partial charge in [0.25, 0.3) is 0 Å². The molecule has 1 heterocycles. The summed E-state index contributed by atoms with van der Waals surface area (Å²) in [5.74, 6) is -0.851. The van der Waals surface area contributed by atoms with Gasteiger partial charge >= 0.3 is 5.97 Å². The van der Waals surface area contributed by atoms with E-state index in [9.17, 15) is 9.59 Å². The predicted molar refractivity (Wildman–Crippen MR) is 69.7 cm³/mol. The number of carboxylic acid groups (broad SMARTS) is 1. The van der Waals surface area contributed by atoms with Crippen LogP contribution in [0.2, 0.25) is 0 Å². The van der Waals surface area contributed by atoms with E-state index in [4.69, 9.17) is 5.11 Å². The normalized spacial score (nSPS) is 10.3. The van der Waals surface area contributed by atoms with Crippen molar-refractivity contribution in [3.8, 4) is 0 Å². The van der Waals surface area contributed by atoms with Gasteiger partial charge in [-0.15, -0.1) is 11.3 Å². The van der Waals surface area contributed by atoms with Crippen LogP contribution in [0, 0.1) is 0 Å². The van der Waals surface area contributed by atoms with Gasteiger partial charge in [-0.1, -0.05) is 6.92 Å². The van der Waals surface area contributed by atoms with Crippen LogP contribution in [0.15, 0.2) is 5.38 Å². The monoisotopic (exact) mass is 270 g/mol. The molecule has 0 aliphatic rings. The summed E-state index contributed by atoms with van der Waals surface area (Å²) >= 11 is 1.57. The highest BCUT2D eigenvalue weighted by atomic mass is 32.1. The molecule has 0 aliphatic carbocycles. The first-order chi connectivity index (χ1) is 8.52. The minimum absolute atomic E-state index is 0.0201. The number of likely N-dealkylation sites (N-methyl/N-ethyl adjacent to an activating group) is 1. The Balaban J connectivity index is 2.37. The molecule has 1 rings (SSSR count). The molecule has 0 bridgehead atoms. The average Bonchev–Trinajstić information content (AvgIpc) is 2.76. The molecule has 0 atom stereocenters. The molecule has 0 unspecified atom stereocenters. The Labute approximate surface area is 110 Å². The van der Waals surface area contributed by atoms with Gasteiger partial charge in [0.15, 0.2) is 0 Å². The van der Waals surface area contributed by atoms with Gasteiger partial charge < -0.3 is 10.0 Å².